The summed E-state index contributed by atoms with van der Waals surface area (Å²) in [5, 5.41) is 9.65. The van der Waals surface area contributed by atoms with Gasteiger partial charge >= 0.3 is 0 Å². The van der Waals surface area contributed by atoms with Gasteiger partial charge in [-0.3, -0.25) is 0 Å². The van der Waals surface area contributed by atoms with Crippen molar-refractivity contribution < 1.29 is 5.11 Å². The quantitative estimate of drug-likeness (QED) is 0.673. The van der Waals surface area contributed by atoms with Gasteiger partial charge in [0.05, 0.1) is 6.10 Å². The van der Waals surface area contributed by atoms with E-state index in [1.807, 2.05) is 0 Å². The Labute approximate surface area is 87.3 Å². The highest BCUT2D eigenvalue weighted by Gasteiger charge is 2.29. The molecule has 0 spiro atoms. The van der Waals surface area contributed by atoms with Gasteiger partial charge in [0.2, 0.25) is 0 Å². The zero-order valence-electron chi connectivity index (χ0n) is 9.28. The molecule has 0 aromatic rings. The second kappa shape index (κ2) is 4.63. The van der Waals surface area contributed by atoms with Crippen LogP contribution in [-0.2, 0) is 0 Å². The molecule has 1 unspecified atom stereocenters. The average Bonchev–Trinajstić information content (AvgIpc) is 2.99. The van der Waals surface area contributed by atoms with Crippen molar-refractivity contribution in [2.45, 2.75) is 45.1 Å². The molecule has 2 rings (SSSR count). The summed E-state index contributed by atoms with van der Waals surface area (Å²) in [7, 11) is 0. The van der Waals surface area contributed by atoms with E-state index in [1.54, 1.807) is 0 Å². The summed E-state index contributed by atoms with van der Waals surface area (Å²) in [6.45, 7) is 5.46. The van der Waals surface area contributed by atoms with Crippen LogP contribution < -0.4 is 0 Å². The molecule has 0 aromatic carbocycles. The first kappa shape index (κ1) is 10.4. The van der Waals surface area contributed by atoms with E-state index in [1.165, 1.54) is 38.8 Å². The lowest BCUT2D eigenvalue weighted by Gasteiger charge is -2.24. The van der Waals surface area contributed by atoms with Crippen molar-refractivity contribution in [3.05, 3.63) is 0 Å². The van der Waals surface area contributed by atoms with Crippen LogP contribution in [0.15, 0.2) is 0 Å². The Morgan fingerprint density at radius 3 is 2.00 bits per heavy atom. The number of aliphatic hydroxyl groups excluding tert-OH is 1. The van der Waals surface area contributed by atoms with E-state index in [0.717, 1.165) is 24.8 Å². The summed E-state index contributed by atoms with van der Waals surface area (Å²) in [5.74, 6) is 1.91. The minimum atomic E-state index is -0.104. The van der Waals surface area contributed by atoms with Crippen LogP contribution in [0.2, 0.25) is 0 Å². The van der Waals surface area contributed by atoms with Gasteiger partial charge in [0.25, 0.3) is 0 Å². The van der Waals surface area contributed by atoms with Gasteiger partial charge in [0, 0.05) is 19.6 Å². The van der Waals surface area contributed by atoms with Crippen molar-refractivity contribution >= 4 is 0 Å². The molecule has 0 radical (unpaired) electrons. The predicted octanol–water partition coefficient (Wildman–Crippen LogP) is 1.88. The highest BCUT2D eigenvalue weighted by atomic mass is 16.3. The largest absolute Gasteiger partial charge is 0.392 e. The van der Waals surface area contributed by atoms with Crippen LogP contribution in [0.4, 0.5) is 0 Å². The van der Waals surface area contributed by atoms with Gasteiger partial charge in [0.1, 0.15) is 0 Å². The predicted molar refractivity (Wildman–Crippen MR) is 58.2 cm³/mol. The van der Waals surface area contributed by atoms with Gasteiger partial charge in [-0.05, 0) is 43.9 Å². The van der Waals surface area contributed by atoms with Gasteiger partial charge in [-0.25, -0.2) is 0 Å². The van der Waals surface area contributed by atoms with E-state index in [4.69, 9.17) is 0 Å². The first-order valence-corrected chi connectivity index (χ1v) is 6.18. The number of rotatable bonds is 7. The molecule has 2 aliphatic carbocycles. The van der Waals surface area contributed by atoms with E-state index < -0.39 is 0 Å². The number of aliphatic hydroxyl groups is 1. The van der Waals surface area contributed by atoms with E-state index in [9.17, 15) is 5.11 Å². The zero-order chi connectivity index (χ0) is 9.97. The monoisotopic (exact) mass is 197 g/mol. The minimum Gasteiger partial charge on any atom is -0.392 e. The first-order valence-electron chi connectivity index (χ1n) is 6.18. The maximum Gasteiger partial charge on any atom is 0.0664 e. The molecule has 0 amide bonds. The van der Waals surface area contributed by atoms with Crippen LogP contribution >= 0.6 is 0 Å². The molecule has 2 nitrogen and oxygen atoms in total. The molecule has 2 heteroatoms. The summed E-state index contributed by atoms with van der Waals surface area (Å²) >= 11 is 0. The Balaban J connectivity index is 1.71. The van der Waals surface area contributed by atoms with Crippen molar-refractivity contribution in [2.24, 2.45) is 11.8 Å². The van der Waals surface area contributed by atoms with Gasteiger partial charge in [-0.1, -0.05) is 6.92 Å². The van der Waals surface area contributed by atoms with Gasteiger partial charge < -0.3 is 10.0 Å². The number of hydrogen-bond acceptors (Lipinski definition) is 2. The fourth-order valence-corrected chi connectivity index (χ4v) is 1.98. The third-order valence-corrected chi connectivity index (χ3v) is 3.37. The molecule has 0 heterocycles. The molecule has 2 fully saturated rings. The minimum absolute atomic E-state index is 0.104. The van der Waals surface area contributed by atoms with Crippen molar-refractivity contribution in [3.63, 3.8) is 0 Å². The maximum absolute atomic E-state index is 9.65. The van der Waals surface area contributed by atoms with Crippen molar-refractivity contribution in [1.82, 2.24) is 4.90 Å². The molecular weight excluding hydrogens is 174 g/mol. The fourth-order valence-electron chi connectivity index (χ4n) is 1.98. The van der Waals surface area contributed by atoms with E-state index in [0.29, 0.717) is 0 Å². The molecule has 0 saturated heterocycles. The molecule has 2 saturated carbocycles. The van der Waals surface area contributed by atoms with Crippen LogP contribution in [0.1, 0.15) is 39.0 Å². The Hall–Kier alpha value is -0.0800. The van der Waals surface area contributed by atoms with Crippen LogP contribution in [0.25, 0.3) is 0 Å². The van der Waals surface area contributed by atoms with Gasteiger partial charge in [0.15, 0.2) is 0 Å². The highest BCUT2D eigenvalue weighted by Crippen LogP contribution is 2.33. The summed E-state index contributed by atoms with van der Waals surface area (Å²) in [6.07, 6.45) is 6.47. The SMILES string of the molecule is CCC(O)CN(CC1CC1)CC1CC1. The molecule has 82 valence electrons. The van der Waals surface area contributed by atoms with Crippen molar-refractivity contribution in [2.75, 3.05) is 19.6 Å². The average molecular weight is 197 g/mol. The summed E-state index contributed by atoms with van der Waals surface area (Å²) in [4.78, 5) is 2.50. The molecular formula is C12H23NO. The Bertz CT molecular complexity index is 161. The van der Waals surface area contributed by atoms with Crippen LogP contribution in [0.3, 0.4) is 0 Å². The molecule has 0 bridgehead atoms. The second-order valence-corrected chi connectivity index (χ2v) is 5.17. The van der Waals surface area contributed by atoms with E-state index in [2.05, 4.69) is 11.8 Å². The smallest absolute Gasteiger partial charge is 0.0664 e. The molecule has 0 aliphatic heterocycles. The molecule has 2 aliphatic rings. The van der Waals surface area contributed by atoms with E-state index in [-0.39, 0.29) is 6.10 Å². The van der Waals surface area contributed by atoms with E-state index >= 15 is 0 Å². The standard InChI is InChI=1S/C12H23NO/c1-2-12(14)9-13(7-10-3-4-10)8-11-5-6-11/h10-12,14H,2-9H2,1H3. The van der Waals surface area contributed by atoms with Crippen molar-refractivity contribution in [1.29, 1.82) is 0 Å². The highest BCUT2D eigenvalue weighted by molar-refractivity contribution is 4.83. The molecule has 14 heavy (non-hydrogen) atoms. The van der Waals surface area contributed by atoms with Crippen LogP contribution in [-0.4, -0.2) is 35.7 Å². The Kier molecular flexibility index (Phi) is 3.45. The second-order valence-electron chi connectivity index (χ2n) is 5.17. The van der Waals surface area contributed by atoms with Gasteiger partial charge in [-0.15, -0.1) is 0 Å². The molecule has 0 aromatic heterocycles. The summed E-state index contributed by atoms with van der Waals surface area (Å²) < 4.78 is 0. The third-order valence-electron chi connectivity index (χ3n) is 3.37. The van der Waals surface area contributed by atoms with Crippen LogP contribution in [0, 0.1) is 11.8 Å². The Morgan fingerprint density at radius 1 is 1.14 bits per heavy atom. The lowest BCUT2D eigenvalue weighted by atomic mass is 10.2. The molecule has 1 N–H and O–H groups in total. The lowest BCUT2D eigenvalue weighted by molar-refractivity contribution is 0.104. The topological polar surface area (TPSA) is 23.5 Å². The number of hydrogen-bond donors (Lipinski definition) is 1. The Morgan fingerprint density at radius 2 is 1.64 bits per heavy atom. The third kappa shape index (κ3) is 3.58. The lowest BCUT2D eigenvalue weighted by Crippen LogP contribution is -2.35. The van der Waals surface area contributed by atoms with Gasteiger partial charge in [-0.2, -0.15) is 0 Å². The normalized spacial score (nSPS) is 24.2. The fraction of sp³-hybridized carbons (Fsp3) is 1.00. The first-order chi connectivity index (χ1) is 6.78. The summed E-state index contributed by atoms with van der Waals surface area (Å²) in [6, 6.07) is 0. The number of nitrogens with zero attached hydrogens (tertiary/aromatic N) is 1. The summed E-state index contributed by atoms with van der Waals surface area (Å²) in [5.41, 5.74) is 0. The van der Waals surface area contributed by atoms with Crippen molar-refractivity contribution in [3.8, 4) is 0 Å². The zero-order valence-corrected chi connectivity index (χ0v) is 9.28. The maximum atomic E-state index is 9.65. The van der Waals surface area contributed by atoms with Crippen LogP contribution in [0.5, 0.6) is 0 Å². The molecule has 1 atom stereocenters.